The number of ether oxygens (including phenoxy) is 1. The van der Waals surface area contributed by atoms with Gasteiger partial charge in [0.25, 0.3) is 0 Å². The maximum atomic E-state index is 6.98. The number of hydrogen-bond donors (Lipinski definition) is 0. The minimum absolute atomic E-state index is 0.103. The van der Waals surface area contributed by atoms with Crippen LogP contribution in [0.15, 0.2) is 185 Å². The second-order valence-electron chi connectivity index (χ2n) is 15.3. The lowest BCUT2D eigenvalue weighted by molar-refractivity contribution is 0.137. The van der Waals surface area contributed by atoms with E-state index in [-0.39, 0.29) is 12.0 Å². The van der Waals surface area contributed by atoms with Crippen molar-refractivity contribution < 1.29 is 9.15 Å². The lowest BCUT2D eigenvalue weighted by Gasteiger charge is -2.29. The fourth-order valence-corrected chi connectivity index (χ4v) is 9.93. The van der Waals surface area contributed by atoms with Gasteiger partial charge in [0, 0.05) is 34.4 Å². The molecular weight excluding hydrogens is 657 g/mol. The van der Waals surface area contributed by atoms with E-state index >= 15 is 0 Å². The average molecular weight is 693 g/mol. The van der Waals surface area contributed by atoms with Crippen LogP contribution in [0.1, 0.15) is 47.6 Å². The van der Waals surface area contributed by atoms with Crippen LogP contribution in [0.2, 0.25) is 0 Å². The highest BCUT2D eigenvalue weighted by atomic mass is 16.5. The van der Waals surface area contributed by atoms with Crippen LogP contribution in [0.3, 0.4) is 0 Å². The van der Waals surface area contributed by atoms with Gasteiger partial charge in [0.05, 0.1) is 5.92 Å². The maximum absolute atomic E-state index is 6.98. The van der Waals surface area contributed by atoms with E-state index in [1.165, 1.54) is 82.4 Å². The normalized spacial score (nSPS) is 21.1. The molecular formula is C52H36O2. The number of hydrogen-bond acceptors (Lipinski definition) is 2. The van der Waals surface area contributed by atoms with Crippen molar-refractivity contribution in [1.82, 2.24) is 0 Å². The summed E-state index contributed by atoms with van der Waals surface area (Å²) in [6.07, 6.45) is 23.4. The first-order chi connectivity index (χ1) is 26.8. The van der Waals surface area contributed by atoms with Gasteiger partial charge in [-0.3, -0.25) is 0 Å². The van der Waals surface area contributed by atoms with Crippen LogP contribution in [0.25, 0.3) is 66.1 Å². The lowest BCUT2D eigenvalue weighted by Crippen LogP contribution is -2.24. The van der Waals surface area contributed by atoms with Crippen molar-refractivity contribution in [1.29, 1.82) is 0 Å². The minimum atomic E-state index is -0.150. The molecule has 0 saturated carbocycles. The number of fused-ring (bicyclic) bond motifs is 9. The van der Waals surface area contributed by atoms with Crippen LogP contribution < -0.4 is 0 Å². The van der Waals surface area contributed by atoms with Crippen LogP contribution in [0, 0.1) is 5.92 Å². The highest BCUT2D eigenvalue weighted by Crippen LogP contribution is 2.53. The van der Waals surface area contributed by atoms with Gasteiger partial charge >= 0.3 is 0 Å². The molecule has 54 heavy (non-hydrogen) atoms. The lowest BCUT2D eigenvalue weighted by atomic mass is 9.76. The van der Waals surface area contributed by atoms with Gasteiger partial charge < -0.3 is 9.15 Å². The van der Waals surface area contributed by atoms with E-state index in [9.17, 15) is 0 Å². The van der Waals surface area contributed by atoms with Gasteiger partial charge in [0.2, 0.25) is 0 Å². The molecule has 3 atom stereocenters. The zero-order valence-corrected chi connectivity index (χ0v) is 29.8. The van der Waals surface area contributed by atoms with E-state index in [0.29, 0.717) is 5.92 Å². The molecule has 1 aliphatic heterocycles. The molecule has 0 N–H and O–H groups in total. The van der Waals surface area contributed by atoms with Gasteiger partial charge in [-0.15, -0.1) is 0 Å². The number of allylic oxidation sites excluding steroid dienone is 11. The first-order valence-electron chi connectivity index (χ1n) is 19.3. The molecule has 5 aliphatic rings. The summed E-state index contributed by atoms with van der Waals surface area (Å²) < 4.78 is 13.8. The fourth-order valence-electron chi connectivity index (χ4n) is 9.93. The number of benzene rings is 6. The third-order valence-electron chi connectivity index (χ3n) is 12.4. The highest BCUT2D eigenvalue weighted by molar-refractivity contribution is 6.19. The Morgan fingerprint density at radius 2 is 1.46 bits per heavy atom. The molecule has 2 heteroatoms. The molecule has 0 spiro atoms. The molecule has 12 rings (SSSR count). The summed E-state index contributed by atoms with van der Waals surface area (Å²) in [6.45, 7) is 0. The van der Waals surface area contributed by atoms with Crippen molar-refractivity contribution in [3.8, 4) is 11.1 Å². The smallest absolute Gasteiger partial charge is 0.138 e. The van der Waals surface area contributed by atoms with E-state index in [2.05, 4.69) is 164 Å². The summed E-state index contributed by atoms with van der Waals surface area (Å²) in [6, 6.07) is 40.4. The monoisotopic (exact) mass is 692 g/mol. The van der Waals surface area contributed by atoms with Crippen molar-refractivity contribution in [2.24, 2.45) is 5.92 Å². The summed E-state index contributed by atoms with van der Waals surface area (Å²) in [7, 11) is 0. The SMILES string of the molecule is C1=CC2=CC=C(c3c4ccccc4c(-c4ccc5ccccc5c4)c4cc(C5c6oc7ccccc7c6C=C6C7=C(CCC=C7)OC65)ccc34)C[C@H]2C=C1. The van der Waals surface area contributed by atoms with E-state index in [0.717, 1.165) is 41.8 Å². The molecule has 1 aromatic heterocycles. The standard InChI is InChI=1S/C52H36O2/c1-3-13-33-27-35(23-21-31(33)11-1)48-40-17-5-6-18-41(40)49(36-24-22-32-12-2-4-14-34(32)28-36)43-29-37(25-26-42(43)48)50-51-44(38-15-7-9-19-46(38)53-51)30-45-39-16-8-10-20-47(39)54-52(45)50/h1-9,11-19,21-26,28-30,33,50,52H,10,20,27H2/t33-,50?,52?/m1/s1. The summed E-state index contributed by atoms with van der Waals surface area (Å²) in [5.74, 6) is 2.39. The molecule has 6 aromatic carbocycles. The van der Waals surface area contributed by atoms with E-state index in [4.69, 9.17) is 9.15 Å². The first kappa shape index (κ1) is 30.1. The molecule has 7 aromatic rings. The van der Waals surface area contributed by atoms with Gasteiger partial charge in [0.1, 0.15) is 23.2 Å². The highest BCUT2D eigenvalue weighted by Gasteiger charge is 2.44. The second kappa shape index (κ2) is 11.6. The Hall–Kier alpha value is -6.38. The Morgan fingerprint density at radius 3 is 2.39 bits per heavy atom. The quantitative estimate of drug-likeness (QED) is 0.172. The van der Waals surface area contributed by atoms with Crippen molar-refractivity contribution in [2.45, 2.75) is 31.3 Å². The molecule has 2 nitrogen and oxygen atoms in total. The zero-order chi connectivity index (χ0) is 35.3. The number of rotatable bonds is 3. The van der Waals surface area contributed by atoms with Gasteiger partial charge in [0.15, 0.2) is 0 Å². The zero-order valence-electron chi connectivity index (χ0n) is 29.8. The maximum Gasteiger partial charge on any atom is 0.138 e. The summed E-state index contributed by atoms with van der Waals surface area (Å²) in [5.41, 5.74) is 12.4. The first-order valence-corrected chi connectivity index (χ1v) is 19.3. The molecule has 0 bridgehead atoms. The van der Waals surface area contributed by atoms with Crippen LogP contribution in [0.5, 0.6) is 0 Å². The Balaban J connectivity index is 1.14. The molecule has 2 heterocycles. The largest absolute Gasteiger partial charge is 0.488 e. The topological polar surface area (TPSA) is 22.4 Å². The van der Waals surface area contributed by atoms with Crippen molar-refractivity contribution >= 4 is 54.9 Å². The predicted octanol–water partition coefficient (Wildman–Crippen LogP) is 13.5. The Kier molecular flexibility index (Phi) is 6.45. The molecule has 0 fully saturated rings. The van der Waals surface area contributed by atoms with E-state index in [1.54, 1.807) is 0 Å². The minimum Gasteiger partial charge on any atom is -0.488 e. The van der Waals surface area contributed by atoms with Crippen molar-refractivity contribution in [3.05, 3.63) is 203 Å². The van der Waals surface area contributed by atoms with Gasteiger partial charge in [-0.25, -0.2) is 0 Å². The van der Waals surface area contributed by atoms with Crippen LogP contribution in [-0.4, -0.2) is 6.10 Å². The second-order valence-corrected chi connectivity index (χ2v) is 15.3. The molecule has 0 saturated heterocycles. The average Bonchev–Trinajstić information content (AvgIpc) is 3.79. The molecule has 4 aliphatic carbocycles. The third-order valence-corrected chi connectivity index (χ3v) is 12.4. The molecule has 2 unspecified atom stereocenters. The van der Waals surface area contributed by atoms with Crippen molar-refractivity contribution in [3.63, 3.8) is 0 Å². The molecule has 0 radical (unpaired) electrons. The Labute approximate surface area is 314 Å². The molecule has 256 valence electrons. The predicted molar refractivity (Wildman–Crippen MR) is 223 cm³/mol. The van der Waals surface area contributed by atoms with Crippen LogP contribution >= 0.6 is 0 Å². The fraction of sp³-hybridized carbons (Fsp3) is 0.115. The summed E-state index contributed by atoms with van der Waals surface area (Å²) >= 11 is 0. The van der Waals surface area contributed by atoms with E-state index < -0.39 is 0 Å². The van der Waals surface area contributed by atoms with Gasteiger partial charge in [-0.05, 0) is 103 Å². The van der Waals surface area contributed by atoms with Crippen LogP contribution in [-0.2, 0) is 4.74 Å². The summed E-state index contributed by atoms with van der Waals surface area (Å²) in [4.78, 5) is 0. The number of furan rings is 1. The summed E-state index contributed by atoms with van der Waals surface area (Å²) in [5, 5.41) is 8.76. The Bertz CT molecular complexity index is 3010. The Morgan fingerprint density at radius 1 is 0.648 bits per heavy atom. The van der Waals surface area contributed by atoms with Crippen LogP contribution in [0.4, 0.5) is 0 Å². The molecule has 0 amide bonds. The van der Waals surface area contributed by atoms with Crippen molar-refractivity contribution in [2.75, 3.05) is 0 Å². The van der Waals surface area contributed by atoms with Gasteiger partial charge in [-0.2, -0.15) is 0 Å². The number of para-hydroxylation sites is 1. The van der Waals surface area contributed by atoms with Gasteiger partial charge in [-0.1, -0.05) is 140 Å². The van der Waals surface area contributed by atoms with E-state index in [1.807, 2.05) is 0 Å². The third kappa shape index (κ3) is 4.40.